The number of amides is 1. The molecule has 0 aromatic rings. The first-order valence-corrected chi connectivity index (χ1v) is 7.98. The van der Waals surface area contributed by atoms with Crippen LogP contribution in [-0.2, 0) is 4.79 Å². The van der Waals surface area contributed by atoms with Crippen molar-refractivity contribution in [1.29, 1.82) is 0 Å². The van der Waals surface area contributed by atoms with E-state index in [4.69, 9.17) is 5.11 Å². The number of hydrogen-bond acceptors (Lipinski definition) is 2. The smallest absolute Gasteiger partial charge is 0.220 e. The number of rotatable bonds is 14. The van der Waals surface area contributed by atoms with Crippen molar-refractivity contribution in [3.8, 4) is 0 Å². The van der Waals surface area contributed by atoms with Crippen LogP contribution in [0, 0.1) is 7.05 Å². The van der Waals surface area contributed by atoms with E-state index in [-0.39, 0.29) is 5.91 Å². The predicted molar refractivity (Wildman–Crippen MR) is 80.6 cm³/mol. The Labute approximate surface area is 119 Å². The molecular weight excluding hydrogens is 238 g/mol. The van der Waals surface area contributed by atoms with Gasteiger partial charge < -0.3 is 10.4 Å². The molecule has 0 aromatic heterocycles. The number of carbonyl (C=O) groups excluding carboxylic acids is 1. The van der Waals surface area contributed by atoms with Crippen LogP contribution in [0.5, 0.6) is 0 Å². The fourth-order valence-electron chi connectivity index (χ4n) is 2.25. The normalized spacial score (nSPS) is 10.6. The largest absolute Gasteiger partial charge is 0.396 e. The summed E-state index contributed by atoms with van der Waals surface area (Å²) in [6.07, 6.45) is 15.4. The minimum absolute atomic E-state index is 0.0567. The van der Waals surface area contributed by atoms with Crippen LogP contribution in [0.25, 0.3) is 0 Å². The van der Waals surface area contributed by atoms with Gasteiger partial charge in [0.1, 0.15) is 0 Å². The predicted octanol–water partition coefficient (Wildman–Crippen LogP) is 3.96. The summed E-state index contributed by atoms with van der Waals surface area (Å²) in [5.74, 6) is 0.0567. The average molecular weight is 270 g/mol. The Bertz CT molecular complexity index is 195. The number of aliphatic hydroxyl groups excluding tert-OH is 1. The summed E-state index contributed by atoms with van der Waals surface area (Å²) in [6, 6.07) is 0. The van der Waals surface area contributed by atoms with Gasteiger partial charge in [-0.25, -0.2) is 0 Å². The van der Waals surface area contributed by atoms with Gasteiger partial charge in [-0.05, 0) is 12.8 Å². The standard InChI is InChI=1S/C16H32NO2/c1-17-16(19)14-12-10-8-6-4-2-3-5-7-9-11-13-15-18/h18H,1-15H2,(H,17,19). The van der Waals surface area contributed by atoms with Crippen LogP contribution in [0.15, 0.2) is 0 Å². The van der Waals surface area contributed by atoms with Crippen LogP contribution in [0.3, 0.4) is 0 Å². The maximum absolute atomic E-state index is 10.9. The molecule has 3 nitrogen and oxygen atoms in total. The summed E-state index contributed by atoms with van der Waals surface area (Å²) in [5.41, 5.74) is 0. The van der Waals surface area contributed by atoms with Gasteiger partial charge in [0, 0.05) is 20.1 Å². The zero-order valence-corrected chi connectivity index (χ0v) is 12.5. The van der Waals surface area contributed by atoms with Gasteiger partial charge in [-0.15, -0.1) is 0 Å². The van der Waals surface area contributed by atoms with Crippen LogP contribution in [0.4, 0.5) is 0 Å². The molecule has 113 valence electrons. The molecule has 0 aromatic carbocycles. The molecule has 2 N–H and O–H groups in total. The molecule has 0 rings (SSSR count). The topological polar surface area (TPSA) is 49.3 Å². The van der Waals surface area contributed by atoms with Gasteiger partial charge in [-0.1, -0.05) is 64.2 Å². The molecule has 0 heterocycles. The Morgan fingerprint density at radius 1 is 0.737 bits per heavy atom. The van der Waals surface area contributed by atoms with Crippen molar-refractivity contribution in [2.45, 2.75) is 83.5 Å². The first-order valence-electron chi connectivity index (χ1n) is 7.98. The summed E-state index contributed by atoms with van der Waals surface area (Å²) in [4.78, 5) is 10.9. The molecule has 3 heteroatoms. The molecule has 0 fully saturated rings. The molecule has 19 heavy (non-hydrogen) atoms. The van der Waals surface area contributed by atoms with Crippen molar-refractivity contribution in [2.24, 2.45) is 0 Å². The third-order valence-corrected chi connectivity index (χ3v) is 3.51. The minimum Gasteiger partial charge on any atom is -0.396 e. The summed E-state index contributed by atoms with van der Waals surface area (Å²) in [6.45, 7) is 0.344. The summed E-state index contributed by atoms with van der Waals surface area (Å²) < 4.78 is 0. The van der Waals surface area contributed by atoms with Crippen molar-refractivity contribution >= 4 is 5.91 Å². The summed E-state index contributed by atoms with van der Waals surface area (Å²) >= 11 is 0. The number of nitrogens with one attached hydrogen (secondary N) is 1. The third-order valence-electron chi connectivity index (χ3n) is 3.51. The molecule has 0 aliphatic carbocycles. The highest BCUT2D eigenvalue weighted by atomic mass is 16.2. The van der Waals surface area contributed by atoms with Gasteiger partial charge in [0.2, 0.25) is 5.91 Å². The molecule has 0 bridgehead atoms. The SMILES string of the molecule is [CH2]NC(=O)CCCCCCCCCCCCCCO. The van der Waals surface area contributed by atoms with Gasteiger partial charge in [-0.2, -0.15) is 0 Å². The van der Waals surface area contributed by atoms with Gasteiger partial charge in [0.05, 0.1) is 0 Å². The van der Waals surface area contributed by atoms with E-state index in [1.54, 1.807) is 0 Å². The molecule has 0 saturated carbocycles. The Balaban J connectivity index is 2.97. The Morgan fingerprint density at radius 3 is 1.47 bits per heavy atom. The average Bonchev–Trinajstić information content (AvgIpc) is 2.43. The van der Waals surface area contributed by atoms with Crippen LogP contribution in [-0.4, -0.2) is 17.6 Å². The number of unbranched alkanes of at least 4 members (excludes halogenated alkanes) is 11. The highest BCUT2D eigenvalue weighted by molar-refractivity contribution is 5.75. The number of hydrogen-bond donors (Lipinski definition) is 2. The monoisotopic (exact) mass is 270 g/mol. The molecule has 1 radical (unpaired) electrons. The van der Waals surface area contributed by atoms with Crippen LogP contribution in [0.2, 0.25) is 0 Å². The van der Waals surface area contributed by atoms with E-state index in [9.17, 15) is 4.79 Å². The zero-order chi connectivity index (χ0) is 14.2. The molecule has 0 spiro atoms. The fourth-order valence-corrected chi connectivity index (χ4v) is 2.25. The first-order chi connectivity index (χ1) is 9.31. The van der Waals surface area contributed by atoms with Crippen molar-refractivity contribution in [3.05, 3.63) is 7.05 Å². The van der Waals surface area contributed by atoms with Crippen LogP contribution in [0.1, 0.15) is 83.5 Å². The van der Waals surface area contributed by atoms with E-state index >= 15 is 0 Å². The second-order valence-corrected chi connectivity index (χ2v) is 5.32. The highest BCUT2D eigenvalue weighted by Gasteiger charge is 1.97. The van der Waals surface area contributed by atoms with Gasteiger partial charge >= 0.3 is 0 Å². The Morgan fingerprint density at radius 2 is 1.11 bits per heavy atom. The van der Waals surface area contributed by atoms with Crippen molar-refractivity contribution in [1.82, 2.24) is 5.32 Å². The quantitative estimate of drug-likeness (QED) is 0.469. The maximum Gasteiger partial charge on any atom is 0.220 e. The van der Waals surface area contributed by atoms with Crippen molar-refractivity contribution in [2.75, 3.05) is 6.61 Å². The van der Waals surface area contributed by atoms with Crippen LogP contribution >= 0.6 is 0 Å². The molecule has 0 aliphatic rings. The lowest BCUT2D eigenvalue weighted by molar-refractivity contribution is -0.120. The van der Waals surface area contributed by atoms with Gasteiger partial charge in [0.15, 0.2) is 0 Å². The van der Waals surface area contributed by atoms with Crippen molar-refractivity contribution < 1.29 is 9.90 Å². The third kappa shape index (κ3) is 15.4. The second kappa shape index (κ2) is 15.5. The summed E-state index contributed by atoms with van der Waals surface area (Å²) in [7, 11) is 3.35. The van der Waals surface area contributed by atoms with E-state index in [0.717, 1.165) is 19.3 Å². The van der Waals surface area contributed by atoms with Crippen molar-refractivity contribution in [3.63, 3.8) is 0 Å². The van der Waals surface area contributed by atoms with E-state index in [0.29, 0.717) is 13.0 Å². The Kier molecular flexibility index (Phi) is 15.0. The lowest BCUT2D eigenvalue weighted by atomic mass is 10.0. The lowest BCUT2D eigenvalue weighted by Gasteiger charge is -2.03. The maximum atomic E-state index is 10.9. The zero-order valence-electron chi connectivity index (χ0n) is 12.5. The molecule has 0 saturated heterocycles. The lowest BCUT2D eigenvalue weighted by Crippen LogP contribution is -2.14. The number of carbonyl (C=O) groups is 1. The van der Waals surface area contributed by atoms with E-state index < -0.39 is 0 Å². The van der Waals surface area contributed by atoms with E-state index in [1.807, 2.05) is 0 Å². The molecular formula is C16H32NO2. The van der Waals surface area contributed by atoms with Gasteiger partial charge in [0.25, 0.3) is 0 Å². The Hall–Kier alpha value is -0.570. The first kappa shape index (κ1) is 18.4. The fraction of sp³-hybridized carbons (Fsp3) is 0.875. The highest BCUT2D eigenvalue weighted by Crippen LogP contribution is 2.12. The summed E-state index contributed by atoms with van der Waals surface area (Å²) in [5, 5.41) is 11.1. The molecule has 0 aliphatic heterocycles. The van der Waals surface area contributed by atoms with E-state index in [1.165, 1.54) is 57.8 Å². The number of aliphatic hydroxyl groups is 1. The molecule has 0 atom stereocenters. The van der Waals surface area contributed by atoms with Crippen LogP contribution < -0.4 is 5.32 Å². The second-order valence-electron chi connectivity index (χ2n) is 5.32. The van der Waals surface area contributed by atoms with Gasteiger partial charge in [-0.3, -0.25) is 4.79 Å². The van der Waals surface area contributed by atoms with E-state index in [2.05, 4.69) is 12.4 Å². The molecule has 0 unspecified atom stereocenters. The minimum atomic E-state index is 0.0567. The molecule has 1 amide bonds.